The van der Waals surface area contributed by atoms with E-state index in [4.69, 9.17) is 23.2 Å². The number of nitrogens with one attached hydrogen (secondary N) is 1. The Labute approximate surface area is 212 Å². The molecule has 0 aliphatic carbocycles. The van der Waals surface area contributed by atoms with Crippen LogP contribution in [0.5, 0.6) is 0 Å². The third-order valence-electron chi connectivity index (χ3n) is 5.63. The first-order valence-corrected chi connectivity index (χ1v) is 13.5. The van der Waals surface area contributed by atoms with E-state index < -0.39 is 28.5 Å². The van der Waals surface area contributed by atoms with Gasteiger partial charge in [-0.2, -0.15) is 0 Å². The zero-order valence-electron chi connectivity index (χ0n) is 20.1. The SMILES string of the molecule is CCCNC(=O)[C@H](C)N(Cc1c(Cl)cccc1Cl)C(=O)CN(c1cccc(C)c1C)S(C)(=O)=O. The van der Waals surface area contributed by atoms with E-state index in [-0.39, 0.29) is 12.5 Å². The van der Waals surface area contributed by atoms with Crippen molar-refractivity contribution in [1.82, 2.24) is 10.2 Å². The number of carbonyl (C=O) groups excluding carboxylic acids is 2. The van der Waals surface area contributed by atoms with Gasteiger partial charge in [-0.25, -0.2) is 8.42 Å². The Bertz CT molecular complexity index is 1130. The van der Waals surface area contributed by atoms with E-state index in [1.807, 2.05) is 19.9 Å². The molecule has 7 nitrogen and oxygen atoms in total. The Morgan fingerprint density at radius 3 is 2.21 bits per heavy atom. The normalized spacial score (nSPS) is 12.2. The molecule has 10 heteroatoms. The van der Waals surface area contributed by atoms with Gasteiger partial charge in [0.2, 0.25) is 21.8 Å². The summed E-state index contributed by atoms with van der Waals surface area (Å²) in [5.74, 6) is -0.905. The standard InChI is InChI=1S/C24H31Cl2N3O4S/c1-6-13-27-24(31)18(4)28(14-19-20(25)10-8-11-21(19)26)23(30)15-29(34(5,32)33)22-12-7-9-16(2)17(22)3/h7-12,18H,6,13-15H2,1-5H3,(H,27,31)/t18-/m0/s1. The topological polar surface area (TPSA) is 86.8 Å². The highest BCUT2D eigenvalue weighted by Gasteiger charge is 2.31. The Morgan fingerprint density at radius 2 is 1.65 bits per heavy atom. The molecule has 0 fully saturated rings. The molecule has 0 aliphatic heterocycles. The molecule has 0 unspecified atom stereocenters. The molecule has 0 heterocycles. The summed E-state index contributed by atoms with van der Waals surface area (Å²) in [5.41, 5.74) is 2.53. The maximum Gasteiger partial charge on any atom is 0.244 e. The number of benzene rings is 2. The van der Waals surface area contributed by atoms with Gasteiger partial charge in [-0.05, 0) is 56.5 Å². The Kier molecular flexibility index (Phi) is 9.79. The molecule has 186 valence electrons. The molecule has 1 atom stereocenters. The first-order chi connectivity index (χ1) is 15.9. The molecule has 0 aromatic heterocycles. The molecular weight excluding hydrogens is 497 g/mol. The third-order valence-corrected chi connectivity index (χ3v) is 7.47. The van der Waals surface area contributed by atoms with Crippen molar-refractivity contribution in [2.75, 3.05) is 23.7 Å². The van der Waals surface area contributed by atoms with Crippen LogP contribution in [0.3, 0.4) is 0 Å². The van der Waals surface area contributed by atoms with Crippen LogP contribution in [0.15, 0.2) is 36.4 Å². The predicted octanol–water partition coefficient (Wildman–Crippen LogP) is 4.32. The van der Waals surface area contributed by atoms with Crippen LogP contribution in [0, 0.1) is 13.8 Å². The highest BCUT2D eigenvalue weighted by Crippen LogP contribution is 2.28. The predicted molar refractivity (Wildman–Crippen MR) is 138 cm³/mol. The van der Waals surface area contributed by atoms with Gasteiger partial charge in [0.25, 0.3) is 0 Å². The molecule has 0 saturated heterocycles. The van der Waals surface area contributed by atoms with Crippen LogP contribution in [0.1, 0.15) is 37.0 Å². The molecule has 34 heavy (non-hydrogen) atoms. The Morgan fingerprint density at radius 1 is 1.06 bits per heavy atom. The van der Waals surface area contributed by atoms with Crippen LogP contribution in [-0.4, -0.2) is 50.5 Å². The summed E-state index contributed by atoms with van der Waals surface area (Å²) in [5, 5.41) is 3.48. The molecule has 0 aliphatic rings. The van der Waals surface area contributed by atoms with Gasteiger partial charge in [0.05, 0.1) is 11.9 Å². The summed E-state index contributed by atoms with van der Waals surface area (Å²) < 4.78 is 26.5. The number of amides is 2. The molecule has 2 aromatic rings. The summed E-state index contributed by atoms with van der Waals surface area (Å²) in [6.45, 7) is 7.11. The number of aryl methyl sites for hydroxylation is 1. The number of anilines is 1. The van der Waals surface area contributed by atoms with E-state index in [1.165, 1.54) is 4.90 Å². The number of halogens is 2. The van der Waals surface area contributed by atoms with Crippen LogP contribution >= 0.6 is 23.2 Å². The minimum atomic E-state index is -3.80. The van der Waals surface area contributed by atoms with Crippen LogP contribution in [0.4, 0.5) is 5.69 Å². The third kappa shape index (κ3) is 6.87. The first kappa shape index (κ1) is 28.0. The van der Waals surface area contributed by atoms with E-state index in [0.29, 0.717) is 27.8 Å². The molecule has 1 N–H and O–H groups in total. The summed E-state index contributed by atoms with van der Waals surface area (Å²) in [6.07, 6.45) is 1.78. The summed E-state index contributed by atoms with van der Waals surface area (Å²) in [6, 6.07) is 9.35. The molecular formula is C24H31Cl2N3O4S. The average molecular weight is 529 g/mol. The second-order valence-corrected chi connectivity index (χ2v) is 10.9. The van der Waals surface area contributed by atoms with Crippen molar-refractivity contribution in [3.05, 3.63) is 63.1 Å². The van der Waals surface area contributed by atoms with Gasteiger partial charge in [0.1, 0.15) is 12.6 Å². The fraction of sp³-hybridized carbons (Fsp3) is 0.417. The van der Waals surface area contributed by atoms with E-state index in [9.17, 15) is 18.0 Å². The number of hydrogen-bond acceptors (Lipinski definition) is 4. The number of sulfonamides is 1. The summed E-state index contributed by atoms with van der Waals surface area (Å²) in [7, 11) is -3.80. The lowest BCUT2D eigenvalue weighted by molar-refractivity contribution is -0.139. The van der Waals surface area contributed by atoms with Gasteiger partial charge in [-0.3, -0.25) is 13.9 Å². The Hall–Kier alpha value is -2.29. The van der Waals surface area contributed by atoms with Crippen LogP contribution in [0.25, 0.3) is 0 Å². The van der Waals surface area contributed by atoms with Crippen molar-refractivity contribution >= 4 is 50.7 Å². The van der Waals surface area contributed by atoms with Gasteiger partial charge < -0.3 is 10.2 Å². The van der Waals surface area contributed by atoms with Crippen molar-refractivity contribution in [2.45, 2.75) is 46.7 Å². The number of nitrogens with zero attached hydrogens (tertiary/aromatic N) is 2. The van der Waals surface area contributed by atoms with Crippen LogP contribution < -0.4 is 9.62 Å². The Balaban J connectivity index is 2.48. The average Bonchev–Trinajstić information content (AvgIpc) is 2.76. The summed E-state index contributed by atoms with van der Waals surface area (Å²) >= 11 is 12.7. The summed E-state index contributed by atoms with van der Waals surface area (Å²) in [4.78, 5) is 27.6. The first-order valence-electron chi connectivity index (χ1n) is 10.9. The number of rotatable bonds is 10. The lowest BCUT2D eigenvalue weighted by atomic mass is 10.1. The smallest absolute Gasteiger partial charge is 0.244 e. The maximum absolute atomic E-state index is 13.6. The molecule has 0 saturated carbocycles. The minimum absolute atomic E-state index is 0.0531. The molecule has 0 radical (unpaired) electrons. The van der Waals surface area contributed by atoms with E-state index >= 15 is 0 Å². The second-order valence-electron chi connectivity index (χ2n) is 8.18. The monoisotopic (exact) mass is 527 g/mol. The van der Waals surface area contributed by atoms with E-state index in [0.717, 1.165) is 28.1 Å². The highest BCUT2D eigenvalue weighted by atomic mass is 35.5. The fourth-order valence-corrected chi connectivity index (χ4v) is 4.85. The molecule has 2 amide bonds. The van der Waals surface area contributed by atoms with Crippen molar-refractivity contribution in [3.8, 4) is 0 Å². The highest BCUT2D eigenvalue weighted by molar-refractivity contribution is 7.92. The largest absolute Gasteiger partial charge is 0.354 e. The van der Waals surface area contributed by atoms with Gasteiger partial charge in [0, 0.05) is 28.7 Å². The van der Waals surface area contributed by atoms with Crippen LogP contribution in [-0.2, 0) is 26.2 Å². The molecule has 2 rings (SSSR count). The molecule has 0 spiro atoms. The quantitative estimate of drug-likeness (QED) is 0.498. The van der Waals surface area contributed by atoms with Crippen LogP contribution in [0.2, 0.25) is 10.0 Å². The minimum Gasteiger partial charge on any atom is -0.354 e. The van der Waals surface area contributed by atoms with Crippen molar-refractivity contribution in [3.63, 3.8) is 0 Å². The van der Waals surface area contributed by atoms with Gasteiger partial charge in [0.15, 0.2) is 0 Å². The van der Waals surface area contributed by atoms with E-state index in [1.54, 1.807) is 44.2 Å². The van der Waals surface area contributed by atoms with Crippen molar-refractivity contribution in [2.24, 2.45) is 0 Å². The zero-order valence-corrected chi connectivity index (χ0v) is 22.4. The lowest BCUT2D eigenvalue weighted by Gasteiger charge is -2.32. The number of carbonyl (C=O) groups is 2. The fourth-order valence-electron chi connectivity index (χ4n) is 3.43. The van der Waals surface area contributed by atoms with Gasteiger partial charge in [-0.1, -0.05) is 48.3 Å². The maximum atomic E-state index is 13.6. The molecule has 0 bridgehead atoms. The van der Waals surface area contributed by atoms with Crippen molar-refractivity contribution < 1.29 is 18.0 Å². The lowest BCUT2D eigenvalue weighted by Crippen LogP contribution is -2.51. The van der Waals surface area contributed by atoms with E-state index in [2.05, 4.69) is 5.32 Å². The van der Waals surface area contributed by atoms with Gasteiger partial charge >= 0.3 is 0 Å². The zero-order chi connectivity index (χ0) is 25.6. The number of hydrogen-bond donors (Lipinski definition) is 1. The van der Waals surface area contributed by atoms with Gasteiger partial charge in [-0.15, -0.1) is 0 Å². The molecule has 2 aromatic carbocycles. The van der Waals surface area contributed by atoms with Crippen molar-refractivity contribution in [1.29, 1.82) is 0 Å². The second kappa shape index (κ2) is 11.9.